The van der Waals surface area contributed by atoms with Crippen LogP contribution in [-0.2, 0) is 4.79 Å². The van der Waals surface area contributed by atoms with E-state index in [1.54, 1.807) is 6.92 Å². The Bertz CT molecular complexity index is 256. The topological polar surface area (TPSA) is 56.7 Å². The van der Waals surface area contributed by atoms with Gasteiger partial charge in [0.2, 0.25) is 0 Å². The molecule has 0 saturated heterocycles. The maximum absolute atomic E-state index is 11.1. The molecule has 0 spiro atoms. The number of amides is 1. The molecule has 1 aromatic carbocycles. The fourth-order valence-corrected chi connectivity index (χ4v) is 0.787. The summed E-state index contributed by atoms with van der Waals surface area (Å²) < 4.78 is 0. The molecule has 0 fully saturated rings. The van der Waals surface area contributed by atoms with Gasteiger partial charge in [0.25, 0.3) is 5.91 Å². The highest BCUT2D eigenvalue weighted by Gasteiger charge is 2.09. The van der Waals surface area contributed by atoms with E-state index in [0.717, 1.165) is 5.69 Å². The summed E-state index contributed by atoms with van der Waals surface area (Å²) in [5.41, 5.74) is 4.44. The van der Waals surface area contributed by atoms with Crippen LogP contribution in [0.4, 0.5) is 5.69 Å². The molecule has 3 heteroatoms. The second-order valence-electron chi connectivity index (χ2n) is 2.76. The van der Waals surface area contributed by atoms with Gasteiger partial charge < -0.3 is 11.1 Å². The number of carbonyl (C=O) groups excluding carboxylic acids is 1. The number of quaternary nitrogens is 1. The van der Waals surface area contributed by atoms with Gasteiger partial charge >= 0.3 is 0 Å². The van der Waals surface area contributed by atoms with Gasteiger partial charge in [0.05, 0.1) is 0 Å². The number of nitrogens with one attached hydrogen (secondary N) is 1. The predicted octanol–water partition coefficient (Wildman–Crippen LogP) is 0.255. The third-order valence-corrected chi connectivity index (χ3v) is 1.49. The standard InChI is InChI=1S/C9H12N2O/c1-7(10)9(12)11-8-5-3-2-4-6-8/h2-7H,10H2,1H3,(H,11,12)/p+1. The van der Waals surface area contributed by atoms with Crippen LogP contribution in [0, 0.1) is 0 Å². The average molecular weight is 165 g/mol. The average Bonchev–Trinajstić information content (AvgIpc) is 2.06. The van der Waals surface area contributed by atoms with Crippen LogP contribution in [0.5, 0.6) is 0 Å². The molecule has 3 nitrogen and oxygen atoms in total. The number of anilines is 1. The van der Waals surface area contributed by atoms with Crippen molar-refractivity contribution >= 4 is 11.6 Å². The van der Waals surface area contributed by atoms with E-state index in [1.165, 1.54) is 0 Å². The van der Waals surface area contributed by atoms with Crippen molar-refractivity contribution in [2.45, 2.75) is 13.0 Å². The monoisotopic (exact) mass is 165 g/mol. The van der Waals surface area contributed by atoms with Gasteiger partial charge in [-0.25, -0.2) is 0 Å². The molecule has 0 bridgehead atoms. The molecule has 0 aliphatic rings. The largest absolute Gasteiger partial charge is 0.348 e. The summed E-state index contributed by atoms with van der Waals surface area (Å²) in [4.78, 5) is 11.1. The van der Waals surface area contributed by atoms with Crippen LogP contribution in [0.25, 0.3) is 0 Å². The quantitative estimate of drug-likeness (QED) is 0.648. The molecule has 1 atom stereocenters. The zero-order valence-electron chi connectivity index (χ0n) is 7.08. The Kier molecular flexibility index (Phi) is 2.82. The van der Waals surface area contributed by atoms with Gasteiger partial charge in [0.15, 0.2) is 6.04 Å². The summed E-state index contributed by atoms with van der Waals surface area (Å²) in [5.74, 6) is -0.0544. The van der Waals surface area contributed by atoms with E-state index in [0.29, 0.717) is 0 Å². The van der Waals surface area contributed by atoms with E-state index in [-0.39, 0.29) is 11.9 Å². The van der Waals surface area contributed by atoms with Crippen molar-refractivity contribution in [3.8, 4) is 0 Å². The molecule has 1 unspecified atom stereocenters. The van der Waals surface area contributed by atoms with Crippen molar-refractivity contribution in [3.63, 3.8) is 0 Å². The second kappa shape index (κ2) is 3.88. The molecule has 1 rings (SSSR count). The van der Waals surface area contributed by atoms with Gasteiger partial charge in [-0.3, -0.25) is 4.79 Å². The van der Waals surface area contributed by atoms with Crippen molar-refractivity contribution in [1.82, 2.24) is 0 Å². The van der Waals surface area contributed by atoms with Crippen LogP contribution in [-0.4, -0.2) is 11.9 Å². The van der Waals surface area contributed by atoms with Gasteiger partial charge in [-0.05, 0) is 19.1 Å². The van der Waals surface area contributed by atoms with E-state index in [2.05, 4.69) is 11.1 Å². The molecule has 0 heterocycles. The highest BCUT2D eigenvalue weighted by Crippen LogP contribution is 2.04. The van der Waals surface area contributed by atoms with E-state index < -0.39 is 0 Å². The molecule has 0 aliphatic heterocycles. The van der Waals surface area contributed by atoms with E-state index in [1.807, 2.05) is 30.3 Å². The fraction of sp³-hybridized carbons (Fsp3) is 0.222. The molecule has 1 aromatic rings. The zero-order chi connectivity index (χ0) is 8.97. The van der Waals surface area contributed by atoms with Gasteiger partial charge in [-0.15, -0.1) is 0 Å². The van der Waals surface area contributed by atoms with Crippen LogP contribution >= 0.6 is 0 Å². The third-order valence-electron chi connectivity index (χ3n) is 1.49. The number of carbonyl (C=O) groups is 1. The molecular formula is C9H13N2O+. The minimum absolute atomic E-state index is 0.0544. The maximum Gasteiger partial charge on any atom is 0.282 e. The van der Waals surface area contributed by atoms with Crippen molar-refractivity contribution in [2.24, 2.45) is 0 Å². The van der Waals surface area contributed by atoms with Gasteiger partial charge in [0.1, 0.15) is 0 Å². The SMILES string of the molecule is CC([NH3+])C(=O)Nc1ccccc1. The lowest BCUT2D eigenvalue weighted by Crippen LogP contribution is -2.64. The Labute approximate surface area is 71.6 Å². The Hall–Kier alpha value is -1.35. The van der Waals surface area contributed by atoms with Crippen molar-refractivity contribution < 1.29 is 10.5 Å². The first kappa shape index (κ1) is 8.74. The summed E-state index contributed by atoms with van der Waals surface area (Å²) in [6.45, 7) is 1.76. The fourth-order valence-electron chi connectivity index (χ4n) is 0.787. The Morgan fingerprint density at radius 1 is 1.42 bits per heavy atom. The molecule has 0 radical (unpaired) electrons. The van der Waals surface area contributed by atoms with Crippen LogP contribution in [0.1, 0.15) is 6.92 Å². The lowest BCUT2D eigenvalue weighted by Gasteiger charge is -2.04. The molecule has 0 aromatic heterocycles. The van der Waals surface area contributed by atoms with Crippen molar-refractivity contribution in [2.75, 3.05) is 5.32 Å². The first-order valence-electron chi connectivity index (χ1n) is 3.89. The van der Waals surface area contributed by atoms with Crippen LogP contribution in [0.3, 0.4) is 0 Å². The van der Waals surface area contributed by atoms with Gasteiger partial charge in [0, 0.05) is 5.69 Å². The second-order valence-corrected chi connectivity index (χ2v) is 2.76. The smallest absolute Gasteiger partial charge is 0.282 e. The first-order valence-corrected chi connectivity index (χ1v) is 3.89. The number of para-hydroxylation sites is 1. The summed E-state index contributed by atoms with van der Waals surface area (Å²) in [6.07, 6.45) is 0. The van der Waals surface area contributed by atoms with Crippen LogP contribution < -0.4 is 11.1 Å². The molecule has 4 N–H and O–H groups in total. The maximum atomic E-state index is 11.1. The van der Waals surface area contributed by atoms with Gasteiger partial charge in [-0.2, -0.15) is 0 Å². The summed E-state index contributed by atoms with van der Waals surface area (Å²) >= 11 is 0. The summed E-state index contributed by atoms with van der Waals surface area (Å²) in [7, 11) is 0. The number of hydrogen-bond acceptors (Lipinski definition) is 1. The van der Waals surface area contributed by atoms with Crippen LogP contribution in [0.15, 0.2) is 30.3 Å². The third kappa shape index (κ3) is 2.36. The summed E-state index contributed by atoms with van der Waals surface area (Å²) in [6, 6.07) is 9.14. The van der Waals surface area contributed by atoms with E-state index in [9.17, 15) is 4.79 Å². The highest BCUT2D eigenvalue weighted by molar-refractivity contribution is 5.93. The number of hydrogen-bond donors (Lipinski definition) is 2. The molecule has 12 heavy (non-hydrogen) atoms. The highest BCUT2D eigenvalue weighted by atomic mass is 16.2. The number of rotatable bonds is 2. The molecular weight excluding hydrogens is 152 g/mol. The van der Waals surface area contributed by atoms with Gasteiger partial charge in [-0.1, -0.05) is 18.2 Å². The van der Waals surface area contributed by atoms with Crippen molar-refractivity contribution in [3.05, 3.63) is 30.3 Å². The Morgan fingerprint density at radius 2 is 2.00 bits per heavy atom. The van der Waals surface area contributed by atoms with Crippen LogP contribution in [0.2, 0.25) is 0 Å². The minimum Gasteiger partial charge on any atom is -0.348 e. The van der Waals surface area contributed by atoms with E-state index >= 15 is 0 Å². The zero-order valence-corrected chi connectivity index (χ0v) is 7.08. The molecule has 0 saturated carbocycles. The lowest BCUT2D eigenvalue weighted by atomic mass is 10.3. The van der Waals surface area contributed by atoms with Crippen molar-refractivity contribution in [1.29, 1.82) is 0 Å². The molecule has 0 aliphatic carbocycles. The molecule has 64 valence electrons. The van der Waals surface area contributed by atoms with E-state index in [4.69, 9.17) is 0 Å². The lowest BCUT2D eigenvalue weighted by molar-refractivity contribution is -0.396. The molecule has 1 amide bonds. The Balaban J connectivity index is 2.59. The Morgan fingerprint density at radius 3 is 2.50 bits per heavy atom. The minimum atomic E-state index is -0.217. The first-order chi connectivity index (χ1) is 5.70. The normalized spacial score (nSPS) is 12.2. The summed E-state index contributed by atoms with van der Waals surface area (Å²) in [5, 5.41) is 2.74. The predicted molar refractivity (Wildman–Crippen MR) is 47.4 cm³/mol. The number of benzene rings is 1.